The highest BCUT2D eigenvalue weighted by Crippen LogP contribution is 2.32. The molecule has 21 heavy (non-hydrogen) atoms. The number of hydrogen-bond acceptors (Lipinski definition) is 5. The molecule has 1 aromatic carbocycles. The molecule has 0 fully saturated rings. The molecule has 0 atom stereocenters. The number of hydrogen-bond donors (Lipinski definition) is 0. The van der Waals surface area contributed by atoms with Crippen molar-refractivity contribution in [2.45, 2.75) is 13.5 Å². The molecule has 2 rings (SSSR count). The van der Waals surface area contributed by atoms with Crippen LogP contribution in [0.4, 0.5) is 0 Å². The van der Waals surface area contributed by atoms with Crippen molar-refractivity contribution in [3.05, 3.63) is 35.7 Å². The molecular weight excluding hydrogens is 272 g/mol. The molecule has 0 aliphatic carbocycles. The van der Waals surface area contributed by atoms with E-state index in [2.05, 4.69) is 5.10 Å². The van der Waals surface area contributed by atoms with Crippen LogP contribution in [0.25, 0.3) is 0 Å². The number of carbonyl (C=O) groups excluding carboxylic acids is 1. The van der Waals surface area contributed by atoms with E-state index in [9.17, 15) is 4.79 Å². The van der Waals surface area contributed by atoms with Crippen LogP contribution in [0.1, 0.15) is 23.0 Å². The van der Waals surface area contributed by atoms with Gasteiger partial charge in [-0.15, -0.1) is 0 Å². The Morgan fingerprint density at radius 3 is 2.14 bits per heavy atom. The highest BCUT2D eigenvalue weighted by atomic mass is 16.5. The molecule has 112 valence electrons. The Labute approximate surface area is 123 Å². The van der Waals surface area contributed by atoms with Crippen LogP contribution in [0.2, 0.25) is 0 Å². The van der Waals surface area contributed by atoms with Gasteiger partial charge in [0.15, 0.2) is 11.4 Å². The minimum absolute atomic E-state index is 0.250. The fraction of sp³-hybridized carbons (Fsp3) is 0.333. The molecule has 1 aromatic heterocycles. The smallest absolute Gasteiger partial charge is 0.222 e. The summed E-state index contributed by atoms with van der Waals surface area (Å²) in [4.78, 5) is 12.9. The summed E-state index contributed by atoms with van der Waals surface area (Å²) >= 11 is 0. The number of ketones is 1. The van der Waals surface area contributed by atoms with E-state index < -0.39 is 0 Å². The number of nitrogens with zero attached hydrogens (tertiary/aromatic N) is 2. The first-order chi connectivity index (χ1) is 10.2. The summed E-state index contributed by atoms with van der Waals surface area (Å²) in [5.41, 5.74) is 0.735. The summed E-state index contributed by atoms with van der Waals surface area (Å²) in [6, 6.07) is 5.20. The number of methoxy groups -OCH3 is 3. The Morgan fingerprint density at radius 2 is 1.67 bits per heavy atom. The SMILES string of the molecule is CCn1ncc(OC)c1C(=O)c1c(OC)cccc1OC. The molecule has 0 unspecified atom stereocenters. The van der Waals surface area contributed by atoms with Crippen molar-refractivity contribution in [3.63, 3.8) is 0 Å². The van der Waals surface area contributed by atoms with Crippen LogP contribution in [-0.4, -0.2) is 36.9 Å². The van der Waals surface area contributed by atoms with E-state index in [0.717, 1.165) is 0 Å². The number of carbonyl (C=O) groups is 1. The van der Waals surface area contributed by atoms with Crippen molar-refractivity contribution >= 4 is 5.78 Å². The summed E-state index contributed by atoms with van der Waals surface area (Å²) in [6.07, 6.45) is 1.53. The van der Waals surface area contributed by atoms with Gasteiger partial charge in [-0.25, -0.2) is 0 Å². The van der Waals surface area contributed by atoms with Gasteiger partial charge < -0.3 is 14.2 Å². The van der Waals surface area contributed by atoms with Gasteiger partial charge in [0, 0.05) is 6.54 Å². The van der Waals surface area contributed by atoms with E-state index in [0.29, 0.717) is 35.1 Å². The lowest BCUT2D eigenvalue weighted by atomic mass is 10.0. The molecule has 0 spiro atoms. The van der Waals surface area contributed by atoms with E-state index in [1.54, 1.807) is 22.9 Å². The summed E-state index contributed by atoms with van der Waals surface area (Å²) < 4.78 is 17.4. The third-order valence-corrected chi connectivity index (χ3v) is 3.20. The molecule has 0 bridgehead atoms. The average molecular weight is 290 g/mol. The second-order valence-corrected chi connectivity index (χ2v) is 4.24. The maximum atomic E-state index is 12.9. The Bertz CT molecular complexity index is 605. The third-order valence-electron chi connectivity index (χ3n) is 3.20. The summed E-state index contributed by atoms with van der Waals surface area (Å²) in [5.74, 6) is 1.07. The summed E-state index contributed by atoms with van der Waals surface area (Å²) in [7, 11) is 4.53. The molecule has 0 saturated heterocycles. The van der Waals surface area contributed by atoms with Crippen molar-refractivity contribution in [1.82, 2.24) is 9.78 Å². The van der Waals surface area contributed by atoms with Gasteiger partial charge in [0.2, 0.25) is 5.78 Å². The predicted molar refractivity (Wildman–Crippen MR) is 77.4 cm³/mol. The lowest BCUT2D eigenvalue weighted by molar-refractivity contribution is 0.102. The van der Waals surface area contributed by atoms with Crippen LogP contribution in [-0.2, 0) is 6.54 Å². The van der Waals surface area contributed by atoms with E-state index in [1.807, 2.05) is 6.92 Å². The topological polar surface area (TPSA) is 62.6 Å². The van der Waals surface area contributed by atoms with Gasteiger partial charge in [-0.2, -0.15) is 5.10 Å². The van der Waals surface area contributed by atoms with Gasteiger partial charge in [0.05, 0.1) is 27.5 Å². The second kappa shape index (κ2) is 6.30. The fourth-order valence-electron chi connectivity index (χ4n) is 2.18. The van der Waals surface area contributed by atoms with E-state index >= 15 is 0 Å². The highest BCUT2D eigenvalue weighted by Gasteiger charge is 2.26. The number of aromatic nitrogens is 2. The molecule has 2 aromatic rings. The molecule has 0 radical (unpaired) electrons. The molecule has 1 heterocycles. The first-order valence-electron chi connectivity index (χ1n) is 6.53. The maximum absolute atomic E-state index is 12.9. The van der Waals surface area contributed by atoms with Crippen molar-refractivity contribution in [2.24, 2.45) is 0 Å². The third kappa shape index (κ3) is 2.56. The summed E-state index contributed by atoms with van der Waals surface area (Å²) in [5, 5.41) is 4.15. The number of aryl methyl sites for hydroxylation is 1. The van der Waals surface area contributed by atoms with Crippen LogP contribution in [0.15, 0.2) is 24.4 Å². The normalized spacial score (nSPS) is 10.3. The van der Waals surface area contributed by atoms with Gasteiger partial charge in [0.1, 0.15) is 17.1 Å². The van der Waals surface area contributed by atoms with Crippen LogP contribution >= 0.6 is 0 Å². The molecule has 0 aliphatic rings. The fourth-order valence-corrected chi connectivity index (χ4v) is 2.18. The lowest BCUT2D eigenvalue weighted by Crippen LogP contribution is -2.13. The lowest BCUT2D eigenvalue weighted by Gasteiger charge is -2.13. The first kappa shape index (κ1) is 14.9. The van der Waals surface area contributed by atoms with Crippen LogP contribution in [0.5, 0.6) is 17.2 Å². The molecule has 6 nitrogen and oxygen atoms in total. The number of benzene rings is 1. The van der Waals surface area contributed by atoms with Crippen molar-refractivity contribution < 1.29 is 19.0 Å². The Hall–Kier alpha value is -2.50. The van der Waals surface area contributed by atoms with Gasteiger partial charge in [-0.05, 0) is 19.1 Å². The zero-order valence-electron chi connectivity index (χ0n) is 12.5. The Kier molecular flexibility index (Phi) is 4.47. The molecule has 0 N–H and O–H groups in total. The maximum Gasteiger partial charge on any atom is 0.222 e. The number of rotatable bonds is 6. The molecule has 0 saturated carbocycles. The Morgan fingerprint density at radius 1 is 1.10 bits per heavy atom. The molecule has 6 heteroatoms. The van der Waals surface area contributed by atoms with Gasteiger partial charge in [-0.1, -0.05) is 6.07 Å². The first-order valence-corrected chi connectivity index (χ1v) is 6.53. The number of ether oxygens (including phenoxy) is 3. The largest absolute Gasteiger partial charge is 0.496 e. The monoisotopic (exact) mass is 290 g/mol. The van der Waals surface area contributed by atoms with Crippen molar-refractivity contribution in [3.8, 4) is 17.2 Å². The molecule has 0 amide bonds. The minimum atomic E-state index is -0.250. The molecule has 0 aliphatic heterocycles. The van der Waals surface area contributed by atoms with E-state index in [4.69, 9.17) is 14.2 Å². The van der Waals surface area contributed by atoms with E-state index in [1.165, 1.54) is 27.5 Å². The zero-order valence-corrected chi connectivity index (χ0v) is 12.5. The van der Waals surface area contributed by atoms with Gasteiger partial charge in [-0.3, -0.25) is 9.48 Å². The zero-order chi connectivity index (χ0) is 15.4. The summed E-state index contributed by atoms with van der Waals surface area (Å²) in [6.45, 7) is 2.46. The van der Waals surface area contributed by atoms with Crippen molar-refractivity contribution in [2.75, 3.05) is 21.3 Å². The molecular formula is C15H18N2O4. The predicted octanol–water partition coefficient (Wildman–Crippen LogP) is 2.16. The quantitative estimate of drug-likeness (QED) is 0.763. The van der Waals surface area contributed by atoms with Gasteiger partial charge >= 0.3 is 0 Å². The highest BCUT2D eigenvalue weighted by molar-refractivity contribution is 6.13. The Balaban J connectivity index is 2.62. The van der Waals surface area contributed by atoms with Crippen LogP contribution in [0, 0.1) is 0 Å². The van der Waals surface area contributed by atoms with Gasteiger partial charge in [0.25, 0.3) is 0 Å². The average Bonchev–Trinajstić information content (AvgIpc) is 2.96. The second-order valence-electron chi connectivity index (χ2n) is 4.24. The van der Waals surface area contributed by atoms with E-state index in [-0.39, 0.29) is 5.78 Å². The van der Waals surface area contributed by atoms with Crippen LogP contribution in [0.3, 0.4) is 0 Å². The van der Waals surface area contributed by atoms with Crippen LogP contribution < -0.4 is 14.2 Å². The van der Waals surface area contributed by atoms with Crippen molar-refractivity contribution in [1.29, 1.82) is 0 Å². The minimum Gasteiger partial charge on any atom is -0.496 e. The standard InChI is InChI=1S/C15H18N2O4/c1-5-17-14(12(21-4)9-16-17)15(18)13-10(19-2)7-6-8-11(13)20-3/h6-9H,5H2,1-4H3.